The number of rotatable bonds is 2. The first-order valence-electron chi connectivity index (χ1n) is 4.99. The second kappa shape index (κ2) is 4.57. The van der Waals surface area contributed by atoms with Crippen molar-refractivity contribution >= 4 is 11.9 Å². The lowest BCUT2D eigenvalue weighted by atomic mass is 10.2. The largest absolute Gasteiger partial charge is 0.506 e. The summed E-state index contributed by atoms with van der Waals surface area (Å²) < 4.78 is 0. The molecule has 16 heavy (non-hydrogen) atoms. The zero-order valence-corrected chi connectivity index (χ0v) is 8.96. The summed E-state index contributed by atoms with van der Waals surface area (Å²) >= 11 is 0. The fraction of sp³-hybridized carbons (Fsp3) is 0.0769. The van der Waals surface area contributed by atoms with Crippen molar-refractivity contribution in [1.82, 2.24) is 4.98 Å². The average Bonchev–Trinajstić information content (AvgIpc) is 2.32. The van der Waals surface area contributed by atoms with Crippen LogP contribution in [0.15, 0.2) is 47.7 Å². The maximum absolute atomic E-state index is 9.58. The van der Waals surface area contributed by atoms with Crippen molar-refractivity contribution in [3.05, 3.63) is 53.9 Å². The molecule has 0 atom stereocenters. The molecule has 0 fully saturated rings. The minimum Gasteiger partial charge on any atom is -0.506 e. The minimum absolute atomic E-state index is 0.186. The second-order valence-corrected chi connectivity index (χ2v) is 3.54. The monoisotopic (exact) mass is 212 g/mol. The lowest BCUT2D eigenvalue weighted by molar-refractivity contribution is 0.477. The zero-order valence-electron chi connectivity index (χ0n) is 8.96. The Morgan fingerprint density at radius 1 is 1.31 bits per heavy atom. The molecule has 3 nitrogen and oxygen atoms in total. The molecule has 0 unspecified atom stereocenters. The molecule has 2 rings (SSSR count). The molecule has 2 aromatic rings. The second-order valence-electron chi connectivity index (χ2n) is 3.54. The Kier molecular flexibility index (Phi) is 2.96. The molecule has 0 aliphatic carbocycles. The van der Waals surface area contributed by atoms with E-state index >= 15 is 0 Å². The molecule has 3 heteroatoms. The number of hydrogen-bond donors (Lipinski definition) is 1. The smallest absolute Gasteiger partial charge is 0.141 e. The van der Waals surface area contributed by atoms with Gasteiger partial charge in [-0.1, -0.05) is 12.1 Å². The molecular formula is C13H12N2O. The molecule has 0 saturated carbocycles. The molecule has 1 heterocycles. The highest BCUT2D eigenvalue weighted by Crippen LogP contribution is 2.26. The van der Waals surface area contributed by atoms with E-state index in [1.165, 1.54) is 0 Å². The van der Waals surface area contributed by atoms with Gasteiger partial charge in [-0.2, -0.15) is 0 Å². The van der Waals surface area contributed by atoms with Crippen molar-refractivity contribution in [2.75, 3.05) is 0 Å². The average molecular weight is 212 g/mol. The first kappa shape index (κ1) is 10.4. The van der Waals surface area contributed by atoms with E-state index in [-0.39, 0.29) is 5.75 Å². The van der Waals surface area contributed by atoms with Crippen LogP contribution in [0.4, 0.5) is 5.69 Å². The number of nitrogens with zero attached hydrogens (tertiary/aromatic N) is 2. The van der Waals surface area contributed by atoms with Crippen LogP contribution in [0.3, 0.4) is 0 Å². The van der Waals surface area contributed by atoms with Crippen molar-refractivity contribution in [3.8, 4) is 5.75 Å². The van der Waals surface area contributed by atoms with Crippen LogP contribution in [0.25, 0.3) is 0 Å². The van der Waals surface area contributed by atoms with Crippen LogP contribution >= 0.6 is 0 Å². The standard InChI is InChI=1S/C13H12N2O/c1-10-4-5-13(16)12(7-10)15-9-11-3-2-6-14-8-11/h2-9,16H,1H3. The van der Waals surface area contributed by atoms with Gasteiger partial charge in [-0.05, 0) is 30.7 Å². The van der Waals surface area contributed by atoms with Crippen molar-refractivity contribution in [2.24, 2.45) is 4.99 Å². The van der Waals surface area contributed by atoms with Gasteiger partial charge in [0.1, 0.15) is 11.4 Å². The molecule has 1 aromatic heterocycles. The van der Waals surface area contributed by atoms with Gasteiger partial charge in [0.25, 0.3) is 0 Å². The molecule has 1 aromatic carbocycles. The summed E-state index contributed by atoms with van der Waals surface area (Å²) in [5.41, 5.74) is 2.54. The van der Waals surface area contributed by atoms with E-state index in [9.17, 15) is 5.11 Å². The third-order valence-corrected chi connectivity index (χ3v) is 2.17. The van der Waals surface area contributed by atoms with Gasteiger partial charge in [0, 0.05) is 24.2 Å². The molecule has 80 valence electrons. The number of benzene rings is 1. The number of aryl methyl sites for hydroxylation is 1. The summed E-state index contributed by atoms with van der Waals surface area (Å²) in [7, 11) is 0. The predicted octanol–water partition coefficient (Wildman–Crippen LogP) is 2.85. The van der Waals surface area contributed by atoms with Crippen molar-refractivity contribution in [1.29, 1.82) is 0 Å². The summed E-state index contributed by atoms with van der Waals surface area (Å²) in [6.07, 6.45) is 5.11. The summed E-state index contributed by atoms with van der Waals surface area (Å²) in [6.45, 7) is 1.96. The number of aromatic nitrogens is 1. The van der Waals surface area contributed by atoms with Crippen molar-refractivity contribution < 1.29 is 5.11 Å². The normalized spacial score (nSPS) is 10.8. The summed E-state index contributed by atoms with van der Waals surface area (Å²) in [4.78, 5) is 8.21. The van der Waals surface area contributed by atoms with Gasteiger partial charge in [-0.15, -0.1) is 0 Å². The first-order chi connectivity index (χ1) is 7.75. The quantitative estimate of drug-likeness (QED) is 0.778. The van der Waals surface area contributed by atoms with Gasteiger partial charge < -0.3 is 5.11 Å². The molecule has 0 saturated heterocycles. The highest BCUT2D eigenvalue weighted by Gasteiger charge is 1.97. The Bertz CT molecular complexity index is 507. The maximum Gasteiger partial charge on any atom is 0.141 e. The Morgan fingerprint density at radius 2 is 2.19 bits per heavy atom. The molecule has 0 amide bonds. The highest BCUT2D eigenvalue weighted by atomic mass is 16.3. The van der Waals surface area contributed by atoms with Crippen LogP contribution in [0, 0.1) is 6.92 Å². The van der Waals surface area contributed by atoms with E-state index in [4.69, 9.17) is 0 Å². The van der Waals surface area contributed by atoms with Gasteiger partial charge in [0.05, 0.1) is 0 Å². The van der Waals surface area contributed by atoms with E-state index in [2.05, 4.69) is 9.98 Å². The predicted molar refractivity (Wildman–Crippen MR) is 64.3 cm³/mol. The third-order valence-electron chi connectivity index (χ3n) is 2.17. The molecular weight excluding hydrogens is 200 g/mol. The number of pyridine rings is 1. The maximum atomic E-state index is 9.58. The SMILES string of the molecule is Cc1ccc(O)c(N=Cc2cccnc2)c1. The van der Waals surface area contributed by atoms with E-state index in [1.807, 2.05) is 31.2 Å². The lowest BCUT2D eigenvalue weighted by Crippen LogP contribution is -1.81. The van der Waals surface area contributed by atoms with Crippen LogP contribution < -0.4 is 0 Å². The molecule has 0 radical (unpaired) electrons. The Morgan fingerprint density at radius 3 is 2.94 bits per heavy atom. The fourth-order valence-electron chi connectivity index (χ4n) is 1.33. The number of aliphatic imine (C=N–C) groups is 1. The van der Waals surface area contributed by atoms with Crippen LogP contribution in [-0.2, 0) is 0 Å². The van der Waals surface area contributed by atoms with E-state index in [0.717, 1.165) is 11.1 Å². The molecule has 0 aliphatic heterocycles. The Hall–Kier alpha value is -2.16. The van der Waals surface area contributed by atoms with E-state index in [1.54, 1.807) is 24.7 Å². The summed E-state index contributed by atoms with van der Waals surface area (Å²) in [6, 6.07) is 9.08. The van der Waals surface area contributed by atoms with Crippen LogP contribution in [0.2, 0.25) is 0 Å². The topological polar surface area (TPSA) is 45.5 Å². The summed E-state index contributed by atoms with van der Waals surface area (Å²) in [5, 5.41) is 9.58. The Labute approximate surface area is 94.1 Å². The Balaban J connectivity index is 2.27. The zero-order chi connectivity index (χ0) is 11.4. The lowest BCUT2D eigenvalue weighted by Gasteiger charge is -1.99. The first-order valence-corrected chi connectivity index (χ1v) is 4.99. The molecule has 0 spiro atoms. The fourth-order valence-corrected chi connectivity index (χ4v) is 1.33. The van der Waals surface area contributed by atoms with E-state index < -0.39 is 0 Å². The van der Waals surface area contributed by atoms with Crippen molar-refractivity contribution in [3.63, 3.8) is 0 Å². The molecule has 0 bridgehead atoms. The third kappa shape index (κ3) is 2.45. The van der Waals surface area contributed by atoms with Crippen LogP contribution in [0.5, 0.6) is 5.75 Å². The van der Waals surface area contributed by atoms with Crippen LogP contribution in [0.1, 0.15) is 11.1 Å². The van der Waals surface area contributed by atoms with Gasteiger partial charge in [-0.3, -0.25) is 9.98 Å². The van der Waals surface area contributed by atoms with Crippen molar-refractivity contribution in [2.45, 2.75) is 6.92 Å². The summed E-state index contributed by atoms with van der Waals surface area (Å²) in [5.74, 6) is 0.186. The van der Waals surface area contributed by atoms with Gasteiger partial charge >= 0.3 is 0 Å². The molecule has 1 N–H and O–H groups in total. The van der Waals surface area contributed by atoms with Gasteiger partial charge in [-0.25, -0.2) is 0 Å². The number of phenolic OH excluding ortho intramolecular Hbond substituents is 1. The molecule has 0 aliphatic rings. The van der Waals surface area contributed by atoms with E-state index in [0.29, 0.717) is 5.69 Å². The number of phenols is 1. The number of aromatic hydroxyl groups is 1. The minimum atomic E-state index is 0.186. The highest BCUT2D eigenvalue weighted by molar-refractivity contribution is 5.82. The van der Waals surface area contributed by atoms with Gasteiger partial charge in [0.15, 0.2) is 0 Å². The number of hydrogen-bond acceptors (Lipinski definition) is 3. The van der Waals surface area contributed by atoms with Crippen LogP contribution in [-0.4, -0.2) is 16.3 Å². The van der Waals surface area contributed by atoms with Gasteiger partial charge in [0.2, 0.25) is 0 Å².